The highest BCUT2D eigenvalue weighted by molar-refractivity contribution is 5.92. The van der Waals surface area contributed by atoms with Crippen molar-refractivity contribution in [2.45, 2.75) is 32.6 Å². The summed E-state index contributed by atoms with van der Waals surface area (Å²) in [5.74, 6) is 1.46. The van der Waals surface area contributed by atoms with Crippen LogP contribution in [0.5, 0.6) is 0 Å². The van der Waals surface area contributed by atoms with E-state index >= 15 is 0 Å². The molecule has 1 amide bonds. The van der Waals surface area contributed by atoms with Crippen LogP contribution in [0.2, 0.25) is 0 Å². The zero-order chi connectivity index (χ0) is 17.6. The zero-order valence-electron chi connectivity index (χ0n) is 15.0. The molecule has 0 unspecified atom stereocenters. The van der Waals surface area contributed by atoms with Crippen molar-refractivity contribution in [2.24, 2.45) is 0 Å². The largest absolute Gasteiger partial charge is 0.356 e. The van der Waals surface area contributed by atoms with E-state index in [4.69, 9.17) is 0 Å². The van der Waals surface area contributed by atoms with Crippen LogP contribution in [0.25, 0.3) is 0 Å². The molecule has 6 nitrogen and oxygen atoms in total. The van der Waals surface area contributed by atoms with E-state index in [-0.39, 0.29) is 5.91 Å². The monoisotopic (exact) mass is 339 g/mol. The molecule has 2 aromatic rings. The SMILES string of the molecule is Cc1nc(C(=O)N(C)CCc2ccncc2)cc(N2CCCCC2)n1. The second kappa shape index (κ2) is 8.05. The van der Waals surface area contributed by atoms with Crippen molar-refractivity contribution in [3.8, 4) is 0 Å². The van der Waals surface area contributed by atoms with Crippen LogP contribution in [0.3, 0.4) is 0 Å². The average Bonchev–Trinajstić information content (AvgIpc) is 2.66. The number of rotatable bonds is 5. The molecule has 0 saturated carbocycles. The summed E-state index contributed by atoms with van der Waals surface area (Å²) >= 11 is 0. The lowest BCUT2D eigenvalue weighted by Crippen LogP contribution is -2.32. The van der Waals surface area contributed by atoms with E-state index in [0.29, 0.717) is 18.1 Å². The van der Waals surface area contributed by atoms with E-state index in [1.54, 1.807) is 17.3 Å². The van der Waals surface area contributed by atoms with Crippen LogP contribution < -0.4 is 4.90 Å². The van der Waals surface area contributed by atoms with Crippen LogP contribution >= 0.6 is 0 Å². The molecule has 3 rings (SSSR count). The molecule has 0 bridgehead atoms. The van der Waals surface area contributed by atoms with Crippen LogP contribution in [-0.4, -0.2) is 52.4 Å². The van der Waals surface area contributed by atoms with Crippen LogP contribution in [0, 0.1) is 6.92 Å². The van der Waals surface area contributed by atoms with Gasteiger partial charge in [-0.15, -0.1) is 0 Å². The number of likely N-dealkylation sites (N-methyl/N-ethyl adjacent to an activating group) is 1. The third kappa shape index (κ3) is 4.53. The lowest BCUT2D eigenvalue weighted by atomic mass is 10.1. The molecule has 6 heteroatoms. The van der Waals surface area contributed by atoms with Gasteiger partial charge in [-0.3, -0.25) is 9.78 Å². The van der Waals surface area contributed by atoms with Crippen molar-refractivity contribution in [3.63, 3.8) is 0 Å². The maximum Gasteiger partial charge on any atom is 0.272 e. The van der Waals surface area contributed by atoms with Crippen LogP contribution in [0.4, 0.5) is 5.82 Å². The summed E-state index contributed by atoms with van der Waals surface area (Å²) in [7, 11) is 1.82. The molecule has 1 fully saturated rings. The molecule has 1 aliphatic heterocycles. The molecule has 132 valence electrons. The van der Waals surface area contributed by atoms with E-state index in [0.717, 1.165) is 25.3 Å². The molecule has 3 heterocycles. The quantitative estimate of drug-likeness (QED) is 0.837. The third-order valence-corrected chi connectivity index (χ3v) is 4.56. The fourth-order valence-electron chi connectivity index (χ4n) is 3.09. The lowest BCUT2D eigenvalue weighted by Gasteiger charge is -2.28. The Morgan fingerprint density at radius 1 is 1.16 bits per heavy atom. The zero-order valence-corrected chi connectivity index (χ0v) is 15.0. The smallest absolute Gasteiger partial charge is 0.272 e. The maximum atomic E-state index is 12.8. The molecule has 0 atom stereocenters. The summed E-state index contributed by atoms with van der Waals surface area (Å²) in [4.78, 5) is 29.7. The van der Waals surface area contributed by atoms with Gasteiger partial charge in [-0.25, -0.2) is 9.97 Å². The Hall–Kier alpha value is -2.50. The third-order valence-electron chi connectivity index (χ3n) is 4.56. The number of hydrogen-bond donors (Lipinski definition) is 0. The molecule has 0 aliphatic carbocycles. The van der Waals surface area contributed by atoms with Crippen molar-refractivity contribution < 1.29 is 4.79 Å². The van der Waals surface area contributed by atoms with Crippen molar-refractivity contribution in [1.29, 1.82) is 0 Å². The standard InChI is InChI=1S/C19H25N5O/c1-15-21-17(14-18(22-15)24-11-4-3-5-12-24)19(25)23(2)13-8-16-6-9-20-10-7-16/h6-7,9-10,14H,3-5,8,11-13H2,1-2H3. The number of aryl methyl sites for hydroxylation is 1. The summed E-state index contributed by atoms with van der Waals surface area (Å²) in [5.41, 5.74) is 1.65. The number of pyridine rings is 1. The van der Waals surface area contributed by atoms with E-state index in [1.165, 1.54) is 24.8 Å². The molecule has 2 aromatic heterocycles. The summed E-state index contributed by atoms with van der Waals surface area (Å²) in [6.45, 7) is 4.50. The van der Waals surface area contributed by atoms with E-state index in [9.17, 15) is 4.79 Å². The first-order chi connectivity index (χ1) is 12.1. The number of anilines is 1. The lowest BCUT2D eigenvalue weighted by molar-refractivity contribution is 0.0790. The Bertz CT molecular complexity index is 713. The Morgan fingerprint density at radius 3 is 2.60 bits per heavy atom. The molecule has 1 aliphatic rings. The predicted octanol–water partition coefficient (Wildman–Crippen LogP) is 2.49. The number of nitrogens with zero attached hydrogens (tertiary/aromatic N) is 5. The Kier molecular flexibility index (Phi) is 5.58. The molecule has 0 radical (unpaired) electrons. The molecule has 25 heavy (non-hydrogen) atoms. The summed E-state index contributed by atoms with van der Waals surface area (Å²) in [5, 5.41) is 0. The minimum Gasteiger partial charge on any atom is -0.356 e. The average molecular weight is 339 g/mol. The van der Waals surface area contributed by atoms with Gasteiger partial charge in [0.15, 0.2) is 0 Å². The van der Waals surface area contributed by atoms with E-state index in [1.807, 2.05) is 32.2 Å². The highest BCUT2D eigenvalue weighted by Crippen LogP contribution is 2.19. The van der Waals surface area contributed by atoms with Crippen molar-refractivity contribution >= 4 is 11.7 Å². The second-order valence-electron chi connectivity index (χ2n) is 6.54. The highest BCUT2D eigenvalue weighted by atomic mass is 16.2. The number of aromatic nitrogens is 3. The predicted molar refractivity (Wildman–Crippen MR) is 97.7 cm³/mol. The van der Waals surface area contributed by atoms with Gasteiger partial charge in [-0.1, -0.05) is 0 Å². The van der Waals surface area contributed by atoms with Crippen molar-refractivity contribution in [1.82, 2.24) is 19.9 Å². The van der Waals surface area contributed by atoms with Gasteiger partial charge in [0.05, 0.1) is 0 Å². The molecular weight excluding hydrogens is 314 g/mol. The molecule has 0 spiro atoms. The molecule has 1 saturated heterocycles. The molecule has 0 N–H and O–H groups in total. The van der Waals surface area contributed by atoms with E-state index < -0.39 is 0 Å². The van der Waals surface area contributed by atoms with Crippen LogP contribution in [0.15, 0.2) is 30.6 Å². The first kappa shape index (κ1) is 17.3. The highest BCUT2D eigenvalue weighted by Gasteiger charge is 2.18. The van der Waals surface area contributed by atoms with Gasteiger partial charge in [0, 0.05) is 45.1 Å². The first-order valence-electron chi connectivity index (χ1n) is 8.88. The van der Waals surface area contributed by atoms with Crippen molar-refractivity contribution in [2.75, 3.05) is 31.6 Å². The fourth-order valence-corrected chi connectivity index (χ4v) is 3.09. The number of carbonyl (C=O) groups excluding carboxylic acids is 1. The Morgan fingerprint density at radius 2 is 1.88 bits per heavy atom. The van der Waals surface area contributed by atoms with Gasteiger partial charge < -0.3 is 9.80 Å². The number of piperidine rings is 1. The number of carbonyl (C=O) groups is 1. The van der Waals surface area contributed by atoms with Gasteiger partial charge in [0.25, 0.3) is 5.91 Å². The van der Waals surface area contributed by atoms with Gasteiger partial charge in [-0.2, -0.15) is 0 Å². The number of amides is 1. The number of hydrogen-bond acceptors (Lipinski definition) is 5. The fraction of sp³-hybridized carbons (Fsp3) is 0.474. The minimum absolute atomic E-state index is 0.0576. The van der Waals surface area contributed by atoms with Gasteiger partial charge in [0.1, 0.15) is 17.3 Å². The Labute approximate surface area is 148 Å². The summed E-state index contributed by atoms with van der Waals surface area (Å²) in [6, 6.07) is 5.78. The normalized spacial score (nSPS) is 14.4. The van der Waals surface area contributed by atoms with E-state index in [2.05, 4.69) is 19.9 Å². The molecule has 0 aromatic carbocycles. The van der Waals surface area contributed by atoms with Gasteiger partial charge in [0.2, 0.25) is 0 Å². The van der Waals surface area contributed by atoms with Crippen LogP contribution in [-0.2, 0) is 6.42 Å². The Balaban J connectivity index is 1.69. The summed E-state index contributed by atoms with van der Waals surface area (Å²) in [6.07, 6.45) is 7.97. The minimum atomic E-state index is -0.0576. The van der Waals surface area contributed by atoms with Gasteiger partial charge >= 0.3 is 0 Å². The summed E-state index contributed by atoms with van der Waals surface area (Å²) < 4.78 is 0. The maximum absolute atomic E-state index is 12.8. The molecular formula is C19H25N5O. The topological polar surface area (TPSA) is 62.2 Å². The van der Waals surface area contributed by atoms with Crippen LogP contribution in [0.1, 0.15) is 41.1 Å². The van der Waals surface area contributed by atoms with Crippen molar-refractivity contribution in [3.05, 3.63) is 47.7 Å². The second-order valence-corrected chi connectivity index (χ2v) is 6.54. The van der Waals surface area contributed by atoms with Gasteiger partial charge in [-0.05, 0) is 50.3 Å². The first-order valence-corrected chi connectivity index (χ1v) is 8.88.